The third kappa shape index (κ3) is 4.72. The normalized spacial score (nSPS) is 10.7. The number of hydrogen-bond donors (Lipinski definition) is 0. The first-order valence-corrected chi connectivity index (χ1v) is 10.1. The van der Waals surface area contributed by atoms with Crippen LogP contribution >= 0.6 is 11.8 Å². The highest BCUT2D eigenvalue weighted by Crippen LogP contribution is 2.27. The van der Waals surface area contributed by atoms with Gasteiger partial charge in [0.2, 0.25) is 0 Å². The number of rotatable bonds is 7. The molecule has 2 aromatic carbocycles. The SMILES string of the molecule is CCC(=O)Oc1ccc(CSc2nnc(-c3ccc(N(C)C)cc3)n2C)cc1. The Labute approximate surface area is 169 Å². The number of hydrogen-bond acceptors (Lipinski definition) is 6. The van der Waals surface area contributed by atoms with Crippen molar-refractivity contribution in [2.24, 2.45) is 7.05 Å². The van der Waals surface area contributed by atoms with Crippen molar-refractivity contribution in [1.82, 2.24) is 14.8 Å². The molecule has 0 saturated carbocycles. The van der Waals surface area contributed by atoms with Crippen LogP contribution in [0.2, 0.25) is 0 Å². The smallest absolute Gasteiger partial charge is 0.310 e. The van der Waals surface area contributed by atoms with Gasteiger partial charge in [-0.15, -0.1) is 10.2 Å². The molecule has 28 heavy (non-hydrogen) atoms. The topological polar surface area (TPSA) is 60.2 Å². The molecular formula is C21H24N4O2S. The van der Waals surface area contributed by atoms with Crippen LogP contribution in [0.3, 0.4) is 0 Å². The number of carbonyl (C=O) groups excluding carboxylic acids is 1. The molecule has 0 saturated heterocycles. The Balaban J connectivity index is 1.65. The van der Waals surface area contributed by atoms with Crippen molar-refractivity contribution < 1.29 is 9.53 Å². The Morgan fingerprint density at radius 1 is 1.07 bits per heavy atom. The van der Waals surface area contributed by atoms with Gasteiger partial charge in [0.25, 0.3) is 0 Å². The number of ether oxygens (including phenoxy) is 1. The molecule has 0 atom stereocenters. The second-order valence-electron chi connectivity index (χ2n) is 6.57. The summed E-state index contributed by atoms with van der Waals surface area (Å²) in [5.41, 5.74) is 3.31. The first-order chi connectivity index (χ1) is 13.5. The van der Waals surface area contributed by atoms with Gasteiger partial charge < -0.3 is 14.2 Å². The zero-order valence-corrected chi connectivity index (χ0v) is 17.4. The molecule has 0 unspecified atom stereocenters. The van der Waals surface area contributed by atoms with Crippen LogP contribution in [0.5, 0.6) is 5.75 Å². The Bertz CT molecular complexity index is 934. The van der Waals surface area contributed by atoms with Gasteiger partial charge in [-0.3, -0.25) is 4.79 Å². The van der Waals surface area contributed by atoms with E-state index in [1.807, 2.05) is 50.0 Å². The monoisotopic (exact) mass is 396 g/mol. The molecule has 0 N–H and O–H groups in total. The van der Waals surface area contributed by atoms with E-state index in [0.717, 1.165) is 33.5 Å². The van der Waals surface area contributed by atoms with Crippen molar-refractivity contribution in [2.45, 2.75) is 24.3 Å². The second-order valence-corrected chi connectivity index (χ2v) is 7.51. The summed E-state index contributed by atoms with van der Waals surface area (Å²) in [6.07, 6.45) is 0.365. The van der Waals surface area contributed by atoms with Crippen LogP contribution in [-0.4, -0.2) is 34.8 Å². The molecule has 6 nitrogen and oxygen atoms in total. The molecule has 0 radical (unpaired) electrons. The van der Waals surface area contributed by atoms with E-state index >= 15 is 0 Å². The molecule has 7 heteroatoms. The molecular weight excluding hydrogens is 372 g/mol. The van der Waals surface area contributed by atoms with Crippen LogP contribution in [0, 0.1) is 0 Å². The third-order valence-electron chi connectivity index (χ3n) is 4.29. The second kappa shape index (κ2) is 8.93. The summed E-state index contributed by atoms with van der Waals surface area (Å²) in [5, 5.41) is 9.53. The first kappa shape index (κ1) is 19.9. The van der Waals surface area contributed by atoms with Gasteiger partial charge in [-0.05, 0) is 42.0 Å². The maximum atomic E-state index is 11.3. The fourth-order valence-electron chi connectivity index (χ4n) is 2.61. The molecule has 146 valence electrons. The molecule has 1 heterocycles. The molecule has 0 aliphatic rings. The van der Waals surface area contributed by atoms with Crippen LogP contribution in [0.1, 0.15) is 18.9 Å². The Morgan fingerprint density at radius 2 is 1.75 bits per heavy atom. The predicted octanol–water partition coefficient (Wildman–Crippen LogP) is 4.16. The zero-order valence-electron chi connectivity index (χ0n) is 16.5. The van der Waals surface area contributed by atoms with Gasteiger partial charge in [-0.1, -0.05) is 30.8 Å². The summed E-state index contributed by atoms with van der Waals surface area (Å²) in [6, 6.07) is 15.8. The Kier molecular flexibility index (Phi) is 6.36. The van der Waals surface area contributed by atoms with E-state index in [1.54, 1.807) is 18.7 Å². The highest BCUT2D eigenvalue weighted by molar-refractivity contribution is 7.98. The van der Waals surface area contributed by atoms with Gasteiger partial charge in [0.1, 0.15) is 5.75 Å². The zero-order chi connectivity index (χ0) is 20.1. The van der Waals surface area contributed by atoms with Gasteiger partial charge in [0.05, 0.1) is 0 Å². The molecule has 0 amide bonds. The number of thioether (sulfide) groups is 1. The fourth-order valence-corrected chi connectivity index (χ4v) is 3.47. The quantitative estimate of drug-likeness (QED) is 0.340. The number of carbonyl (C=O) groups is 1. The number of aromatic nitrogens is 3. The minimum atomic E-state index is -0.229. The molecule has 3 rings (SSSR count). The summed E-state index contributed by atoms with van der Waals surface area (Å²) >= 11 is 1.62. The average Bonchev–Trinajstić information content (AvgIpc) is 3.07. The molecule has 1 aromatic heterocycles. The fraction of sp³-hybridized carbons (Fsp3) is 0.286. The maximum absolute atomic E-state index is 11.3. The highest BCUT2D eigenvalue weighted by atomic mass is 32.2. The lowest BCUT2D eigenvalue weighted by atomic mass is 10.2. The summed E-state index contributed by atoms with van der Waals surface area (Å²) in [6.45, 7) is 1.78. The molecule has 0 aliphatic heterocycles. The van der Waals surface area contributed by atoms with E-state index in [-0.39, 0.29) is 5.97 Å². The Morgan fingerprint density at radius 3 is 2.36 bits per heavy atom. The Hall–Kier alpha value is -2.80. The van der Waals surface area contributed by atoms with Crippen molar-refractivity contribution in [1.29, 1.82) is 0 Å². The van der Waals surface area contributed by atoms with Gasteiger partial charge in [0, 0.05) is 44.6 Å². The van der Waals surface area contributed by atoms with E-state index in [4.69, 9.17) is 4.74 Å². The number of benzene rings is 2. The van der Waals surface area contributed by atoms with Crippen molar-refractivity contribution in [3.8, 4) is 17.1 Å². The predicted molar refractivity (Wildman–Crippen MR) is 113 cm³/mol. The van der Waals surface area contributed by atoms with Crippen LogP contribution in [-0.2, 0) is 17.6 Å². The minimum absolute atomic E-state index is 0.229. The summed E-state index contributed by atoms with van der Waals surface area (Å²) in [7, 11) is 6.02. The number of anilines is 1. The molecule has 0 fully saturated rings. The van der Waals surface area contributed by atoms with Gasteiger partial charge in [-0.2, -0.15) is 0 Å². The average molecular weight is 397 g/mol. The highest BCUT2D eigenvalue weighted by Gasteiger charge is 2.12. The lowest BCUT2D eigenvalue weighted by molar-refractivity contribution is -0.134. The molecule has 0 bridgehead atoms. The van der Waals surface area contributed by atoms with Crippen LogP contribution in [0.4, 0.5) is 5.69 Å². The van der Waals surface area contributed by atoms with Crippen molar-refractivity contribution >= 4 is 23.4 Å². The van der Waals surface area contributed by atoms with E-state index < -0.39 is 0 Å². The lowest BCUT2D eigenvalue weighted by Gasteiger charge is -2.12. The number of nitrogens with zero attached hydrogens (tertiary/aromatic N) is 4. The third-order valence-corrected chi connectivity index (χ3v) is 5.38. The first-order valence-electron chi connectivity index (χ1n) is 9.07. The molecule has 3 aromatic rings. The van der Waals surface area contributed by atoms with Crippen molar-refractivity contribution in [3.05, 3.63) is 54.1 Å². The van der Waals surface area contributed by atoms with E-state index in [0.29, 0.717) is 12.2 Å². The van der Waals surface area contributed by atoms with Gasteiger partial charge >= 0.3 is 5.97 Å². The van der Waals surface area contributed by atoms with E-state index in [2.05, 4.69) is 39.4 Å². The largest absolute Gasteiger partial charge is 0.427 e. The van der Waals surface area contributed by atoms with Crippen LogP contribution < -0.4 is 9.64 Å². The van der Waals surface area contributed by atoms with Gasteiger partial charge in [-0.25, -0.2) is 0 Å². The van der Waals surface area contributed by atoms with Crippen LogP contribution in [0.25, 0.3) is 11.4 Å². The molecule has 0 aliphatic carbocycles. The van der Waals surface area contributed by atoms with Gasteiger partial charge in [0.15, 0.2) is 11.0 Å². The maximum Gasteiger partial charge on any atom is 0.310 e. The van der Waals surface area contributed by atoms with E-state index in [9.17, 15) is 4.79 Å². The van der Waals surface area contributed by atoms with E-state index in [1.165, 1.54) is 0 Å². The van der Waals surface area contributed by atoms with Crippen molar-refractivity contribution in [3.63, 3.8) is 0 Å². The van der Waals surface area contributed by atoms with Crippen molar-refractivity contribution in [2.75, 3.05) is 19.0 Å². The summed E-state index contributed by atoms with van der Waals surface area (Å²) in [4.78, 5) is 13.4. The lowest BCUT2D eigenvalue weighted by Crippen LogP contribution is -2.08. The standard InChI is InChI=1S/C21H24N4O2S/c1-5-19(26)27-18-12-6-15(7-13-18)14-28-21-23-22-20(25(21)4)16-8-10-17(11-9-16)24(2)3/h6-13H,5,14H2,1-4H3. The molecule has 0 spiro atoms. The minimum Gasteiger partial charge on any atom is -0.427 e. The summed E-state index contributed by atoms with van der Waals surface area (Å²) < 4.78 is 7.21. The number of esters is 1. The van der Waals surface area contributed by atoms with Crippen LogP contribution in [0.15, 0.2) is 53.7 Å². The summed E-state index contributed by atoms with van der Waals surface area (Å²) in [5.74, 6) is 1.94.